The van der Waals surface area contributed by atoms with E-state index in [2.05, 4.69) is 48.3 Å². The molecule has 4 nitrogen and oxygen atoms in total. The van der Waals surface area contributed by atoms with E-state index in [9.17, 15) is 4.79 Å². The maximum absolute atomic E-state index is 12.6. The van der Waals surface area contributed by atoms with E-state index in [-0.39, 0.29) is 11.9 Å². The molecule has 0 radical (unpaired) electrons. The van der Waals surface area contributed by atoms with Crippen molar-refractivity contribution in [3.63, 3.8) is 0 Å². The molecule has 2 rings (SSSR count). The van der Waals surface area contributed by atoms with Crippen molar-refractivity contribution in [3.05, 3.63) is 35.9 Å². The van der Waals surface area contributed by atoms with Gasteiger partial charge < -0.3 is 11.1 Å². The Morgan fingerprint density at radius 1 is 1.17 bits per heavy atom. The molecule has 128 valence electrons. The number of nitrogens with zero attached hydrogens (tertiary/aromatic N) is 1. The number of benzene rings is 1. The molecule has 1 aliphatic rings. The molecule has 1 aromatic rings. The predicted molar refractivity (Wildman–Crippen MR) is 95.1 cm³/mol. The van der Waals surface area contributed by atoms with Crippen molar-refractivity contribution in [3.8, 4) is 0 Å². The Balaban J connectivity index is 2.04. The summed E-state index contributed by atoms with van der Waals surface area (Å²) in [7, 11) is 0. The summed E-state index contributed by atoms with van der Waals surface area (Å²) in [6.45, 7) is 6.85. The summed E-state index contributed by atoms with van der Waals surface area (Å²) in [5, 5.41) is 3.13. The summed E-state index contributed by atoms with van der Waals surface area (Å²) in [5.41, 5.74) is 6.92. The van der Waals surface area contributed by atoms with E-state index in [1.54, 1.807) is 0 Å². The number of amides is 1. The molecule has 0 saturated heterocycles. The number of nitrogens with one attached hydrogen (secondary N) is 1. The molecule has 1 unspecified atom stereocenters. The van der Waals surface area contributed by atoms with Gasteiger partial charge in [0.15, 0.2) is 0 Å². The van der Waals surface area contributed by atoms with Crippen molar-refractivity contribution in [2.75, 3.05) is 19.6 Å². The molecule has 0 aliphatic heterocycles. The van der Waals surface area contributed by atoms with Gasteiger partial charge in [-0.3, -0.25) is 9.69 Å². The summed E-state index contributed by atoms with van der Waals surface area (Å²) in [4.78, 5) is 15.0. The fourth-order valence-corrected chi connectivity index (χ4v) is 3.57. The van der Waals surface area contributed by atoms with E-state index in [0.717, 1.165) is 38.8 Å². The van der Waals surface area contributed by atoms with Crippen LogP contribution in [0.2, 0.25) is 0 Å². The van der Waals surface area contributed by atoms with E-state index in [0.29, 0.717) is 6.54 Å². The van der Waals surface area contributed by atoms with Crippen LogP contribution in [0.3, 0.4) is 0 Å². The Bertz CT molecular complexity index is 479. The van der Waals surface area contributed by atoms with E-state index in [1.807, 2.05) is 6.07 Å². The Labute approximate surface area is 140 Å². The van der Waals surface area contributed by atoms with Gasteiger partial charge in [-0.25, -0.2) is 0 Å². The zero-order valence-electron chi connectivity index (χ0n) is 14.6. The zero-order valence-corrected chi connectivity index (χ0v) is 14.6. The molecule has 4 heteroatoms. The predicted octanol–water partition coefficient (Wildman–Crippen LogP) is 2.85. The van der Waals surface area contributed by atoms with Gasteiger partial charge in [0.25, 0.3) is 0 Å². The van der Waals surface area contributed by atoms with Gasteiger partial charge in [-0.05, 0) is 31.5 Å². The first-order chi connectivity index (χ1) is 11.1. The number of likely N-dealkylation sites (N-methyl/N-ethyl adjacent to an activating group) is 1. The van der Waals surface area contributed by atoms with Crippen LogP contribution in [0.25, 0.3) is 0 Å². The van der Waals surface area contributed by atoms with E-state index in [4.69, 9.17) is 5.73 Å². The van der Waals surface area contributed by atoms with E-state index >= 15 is 0 Å². The standard InChI is InChI=1S/C19H31N3O/c1-3-22(4-2)17(16-11-7-5-8-12-16)15-21-18(23)19(20)13-9-6-10-14-19/h5,7-8,11-12,17H,3-4,6,9-10,13-15,20H2,1-2H3,(H,21,23). The lowest BCUT2D eigenvalue weighted by Gasteiger charge is -2.34. The fraction of sp³-hybridized carbons (Fsp3) is 0.632. The third-order valence-electron chi connectivity index (χ3n) is 5.09. The van der Waals surface area contributed by atoms with E-state index in [1.165, 1.54) is 12.0 Å². The molecule has 1 amide bonds. The first kappa shape index (κ1) is 18.0. The Hall–Kier alpha value is -1.39. The Morgan fingerprint density at radius 3 is 2.35 bits per heavy atom. The average molecular weight is 317 g/mol. The molecule has 1 aliphatic carbocycles. The molecular formula is C19H31N3O. The molecule has 0 bridgehead atoms. The summed E-state index contributed by atoms with van der Waals surface area (Å²) in [6, 6.07) is 10.6. The topological polar surface area (TPSA) is 58.4 Å². The third kappa shape index (κ3) is 4.55. The number of hydrogen-bond acceptors (Lipinski definition) is 3. The summed E-state index contributed by atoms with van der Waals surface area (Å²) in [6.07, 6.45) is 4.92. The van der Waals surface area contributed by atoms with Gasteiger partial charge in [0.2, 0.25) is 5.91 Å². The number of rotatable bonds is 7. The van der Waals surface area contributed by atoms with Crippen molar-refractivity contribution in [2.24, 2.45) is 5.73 Å². The van der Waals surface area contributed by atoms with Crippen LogP contribution >= 0.6 is 0 Å². The highest BCUT2D eigenvalue weighted by molar-refractivity contribution is 5.86. The lowest BCUT2D eigenvalue weighted by Crippen LogP contribution is -2.56. The largest absolute Gasteiger partial charge is 0.353 e. The van der Waals surface area contributed by atoms with Crippen LogP contribution in [0.15, 0.2) is 30.3 Å². The molecular weight excluding hydrogens is 286 g/mol. The molecule has 0 heterocycles. The highest BCUT2D eigenvalue weighted by Crippen LogP contribution is 2.26. The second-order valence-electron chi connectivity index (χ2n) is 6.57. The first-order valence-corrected chi connectivity index (χ1v) is 8.97. The summed E-state index contributed by atoms with van der Waals surface area (Å²) >= 11 is 0. The van der Waals surface area contributed by atoms with Gasteiger partial charge in [0.1, 0.15) is 0 Å². The van der Waals surface area contributed by atoms with Crippen LogP contribution in [0.1, 0.15) is 57.6 Å². The van der Waals surface area contributed by atoms with Gasteiger partial charge in [0, 0.05) is 6.54 Å². The highest BCUT2D eigenvalue weighted by atomic mass is 16.2. The Morgan fingerprint density at radius 2 is 1.78 bits per heavy atom. The van der Waals surface area contributed by atoms with Crippen molar-refractivity contribution < 1.29 is 4.79 Å². The van der Waals surface area contributed by atoms with Crippen molar-refractivity contribution in [2.45, 2.75) is 57.5 Å². The van der Waals surface area contributed by atoms with Gasteiger partial charge >= 0.3 is 0 Å². The van der Waals surface area contributed by atoms with Crippen molar-refractivity contribution in [1.82, 2.24) is 10.2 Å². The third-order valence-corrected chi connectivity index (χ3v) is 5.09. The SMILES string of the molecule is CCN(CC)C(CNC(=O)C1(N)CCCCC1)c1ccccc1. The Kier molecular flexibility index (Phi) is 6.60. The molecule has 1 atom stereocenters. The molecule has 0 spiro atoms. The van der Waals surface area contributed by atoms with Gasteiger partial charge in [-0.2, -0.15) is 0 Å². The number of nitrogens with two attached hydrogens (primary N) is 1. The first-order valence-electron chi connectivity index (χ1n) is 8.97. The maximum Gasteiger partial charge on any atom is 0.240 e. The minimum Gasteiger partial charge on any atom is -0.353 e. The smallest absolute Gasteiger partial charge is 0.240 e. The second kappa shape index (κ2) is 8.46. The quantitative estimate of drug-likeness (QED) is 0.813. The van der Waals surface area contributed by atoms with Crippen LogP contribution in [-0.2, 0) is 4.79 Å². The maximum atomic E-state index is 12.6. The van der Waals surface area contributed by atoms with Crippen LogP contribution in [0.5, 0.6) is 0 Å². The van der Waals surface area contributed by atoms with Gasteiger partial charge in [-0.15, -0.1) is 0 Å². The van der Waals surface area contributed by atoms with Crippen LogP contribution in [-0.4, -0.2) is 36.0 Å². The second-order valence-corrected chi connectivity index (χ2v) is 6.57. The number of carbonyl (C=O) groups excluding carboxylic acids is 1. The lowest BCUT2D eigenvalue weighted by molar-refractivity contribution is -0.127. The van der Waals surface area contributed by atoms with Gasteiger partial charge in [-0.1, -0.05) is 63.4 Å². The molecule has 1 fully saturated rings. The zero-order chi connectivity index (χ0) is 16.7. The summed E-state index contributed by atoms with van der Waals surface area (Å²) < 4.78 is 0. The average Bonchev–Trinajstić information content (AvgIpc) is 2.59. The molecule has 1 saturated carbocycles. The minimum absolute atomic E-state index is 0.0188. The molecule has 0 aromatic heterocycles. The monoisotopic (exact) mass is 317 g/mol. The van der Waals surface area contributed by atoms with Crippen molar-refractivity contribution >= 4 is 5.91 Å². The highest BCUT2D eigenvalue weighted by Gasteiger charge is 2.35. The number of hydrogen-bond donors (Lipinski definition) is 2. The minimum atomic E-state index is -0.664. The molecule has 23 heavy (non-hydrogen) atoms. The molecule has 3 N–H and O–H groups in total. The summed E-state index contributed by atoms with van der Waals surface area (Å²) in [5.74, 6) is 0.0188. The lowest BCUT2D eigenvalue weighted by atomic mass is 9.82. The van der Waals surface area contributed by atoms with Crippen LogP contribution in [0, 0.1) is 0 Å². The molecule has 1 aromatic carbocycles. The van der Waals surface area contributed by atoms with Gasteiger partial charge in [0.05, 0.1) is 11.6 Å². The van der Waals surface area contributed by atoms with Crippen LogP contribution < -0.4 is 11.1 Å². The van der Waals surface area contributed by atoms with Crippen molar-refractivity contribution in [1.29, 1.82) is 0 Å². The fourth-order valence-electron chi connectivity index (χ4n) is 3.57. The van der Waals surface area contributed by atoms with E-state index < -0.39 is 5.54 Å². The van der Waals surface area contributed by atoms with Crippen LogP contribution in [0.4, 0.5) is 0 Å². The number of carbonyl (C=O) groups is 1. The normalized spacial score (nSPS) is 18.6.